The van der Waals surface area contributed by atoms with Gasteiger partial charge in [-0.3, -0.25) is 0 Å². The fourth-order valence-corrected chi connectivity index (χ4v) is 1.74. The molecular weight excluding hydrogens is 238 g/mol. The van der Waals surface area contributed by atoms with Crippen molar-refractivity contribution >= 4 is 0 Å². The molecule has 0 fully saturated rings. The third-order valence-electron chi connectivity index (χ3n) is 2.81. The third kappa shape index (κ3) is 3.76. The SMILES string of the molecule is CCCNCc1cnc(-c2ccc(OC)cc2)nc1. The van der Waals surface area contributed by atoms with Crippen molar-refractivity contribution in [3.63, 3.8) is 0 Å². The topological polar surface area (TPSA) is 47.0 Å². The lowest BCUT2D eigenvalue weighted by atomic mass is 10.2. The minimum atomic E-state index is 0.738. The molecule has 0 saturated heterocycles. The van der Waals surface area contributed by atoms with E-state index in [2.05, 4.69) is 22.2 Å². The van der Waals surface area contributed by atoms with Gasteiger partial charge in [-0.1, -0.05) is 6.92 Å². The van der Waals surface area contributed by atoms with E-state index in [0.29, 0.717) is 0 Å². The fourth-order valence-electron chi connectivity index (χ4n) is 1.74. The van der Waals surface area contributed by atoms with Crippen molar-refractivity contribution in [2.75, 3.05) is 13.7 Å². The summed E-state index contributed by atoms with van der Waals surface area (Å²) in [5.74, 6) is 1.58. The standard InChI is InChI=1S/C15H19N3O/c1-3-8-16-9-12-10-17-15(18-11-12)13-4-6-14(19-2)7-5-13/h4-7,10-11,16H,3,8-9H2,1-2H3. The van der Waals surface area contributed by atoms with Crippen LogP contribution in [0, 0.1) is 0 Å². The predicted molar refractivity (Wildman–Crippen MR) is 76.0 cm³/mol. The van der Waals surface area contributed by atoms with E-state index in [1.165, 1.54) is 0 Å². The van der Waals surface area contributed by atoms with Gasteiger partial charge in [-0.05, 0) is 37.2 Å². The molecule has 0 atom stereocenters. The Morgan fingerprint density at radius 2 is 1.79 bits per heavy atom. The summed E-state index contributed by atoms with van der Waals surface area (Å²) >= 11 is 0. The van der Waals surface area contributed by atoms with E-state index in [-0.39, 0.29) is 0 Å². The number of ether oxygens (including phenoxy) is 1. The zero-order valence-electron chi connectivity index (χ0n) is 11.4. The highest BCUT2D eigenvalue weighted by Gasteiger charge is 2.01. The van der Waals surface area contributed by atoms with Gasteiger partial charge in [0.15, 0.2) is 5.82 Å². The molecule has 4 heteroatoms. The van der Waals surface area contributed by atoms with Crippen LogP contribution >= 0.6 is 0 Å². The number of rotatable bonds is 6. The molecule has 0 radical (unpaired) electrons. The lowest BCUT2D eigenvalue weighted by molar-refractivity contribution is 0.415. The van der Waals surface area contributed by atoms with E-state index >= 15 is 0 Å². The lowest BCUT2D eigenvalue weighted by Gasteiger charge is -2.05. The van der Waals surface area contributed by atoms with E-state index in [1.54, 1.807) is 7.11 Å². The van der Waals surface area contributed by atoms with E-state index in [9.17, 15) is 0 Å². The van der Waals surface area contributed by atoms with Gasteiger partial charge in [-0.25, -0.2) is 9.97 Å². The first-order valence-electron chi connectivity index (χ1n) is 6.49. The van der Waals surface area contributed by atoms with Gasteiger partial charge in [0.2, 0.25) is 0 Å². The first kappa shape index (κ1) is 13.5. The zero-order chi connectivity index (χ0) is 13.5. The minimum absolute atomic E-state index is 0.738. The van der Waals surface area contributed by atoms with Crippen LogP contribution in [-0.4, -0.2) is 23.6 Å². The monoisotopic (exact) mass is 257 g/mol. The molecule has 0 bridgehead atoms. The molecule has 0 aliphatic rings. The molecule has 0 amide bonds. The quantitative estimate of drug-likeness (QED) is 0.808. The molecule has 1 aromatic heterocycles. The van der Waals surface area contributed by atoms with Gasteiger partial charge < -0.3 is 10.1 Å². The van der Waals surface area contributed by atoms with Crippen LogP contribution in [0.4, 0.5) is 0 Å². The van der Waals surface area contributed by atoms with Crippen molar-refractivity contribution in [2.24, 2.45) is 0 Å². The number of benzene rings is 1. The number of aromatic nitrogens is 2. The Bertz CT molecular complexity index is 494. The summed E-state index contributed by atoms with van der Waals surface area (Å²) < 4.78 is 5.13. The maximum atomic E-state index is 5.13. The van der Waals surface area contributed by atoms with Gasteiger partial charge >= 0.3 is 0 Å². The number of hydrogen-bond donors (Lipinski definition) is 1. The van der Waals surface area contributed by atoms with Crippen molar-refractivity contribution in [1.82, 2.24) is 15.3 Å². The Morgan fingerprint density at radius 3 is 2.37 bits per heavy atom. The molecule has 0 spiro atoms. The molecule has 0 saturated carbocycles. The maximum Gasteiger partial charge on any atom is 0.159 e. The second kappa shape index (κ2) is 6.85. The van der Waals surface area contributed by atoms with Crippen molar-refractivity contribution in [3.8, 4) is 17.1 Å². The van der Waals surface area contributed by atoms with Crippen LogP contribution in [-0.2, 0) is 6.54 Å². The zero-order valence-corrected chi connectivity index (χ0v) is 11.4. The van der Waals surface area contributed by atoms with Crippen LogP contribution in [0.1, 0.15) is 18.9 Å². The molecule has 1 aromatic carbocycles. The van der Waals surface area contributed by atoms with Crippen molar-refractivity contribution in [1.29, 1.82) is 0 Å². The second-order valence-corrected chi connectivity index (χ2v) is 4.32. The van der Waals surface area contributed by atoms with E-state index in [4.69, 9.17) is 4.74 Å². The molecule has 0 unspecified atom stereocenters. The van der Waals surface area contributed by atoms with Gasteiger partial charge in [0.1, 0.15) is 5.75 Å². The Morgan fingerprint density at radius 1 is 1.11 bits per heavy atom. The first-order chi connectivity index (χ1) is 9.33. The van der Waals surface area contributed by atoms with Crippen LogP contribution in [0.2, 0.25) is 0 Å². The summed E-state index contributed by atoms with van der Waals surface area (Å²) in [6, 6.07) is 7.75. The molecule has 100 valence electrons. The molecule has 2 rings (SSSR count). The highest BCUT2D eigenvalue weighted by atomic mass is 16.5. The van der Waals surface area contributed by atoms with Gasteiger partial charge in [-0.2, -0.15) is 0 Å². The minimum Gasteiger partial charge on any atom is -0.497 e. The first-order valence-corrected chi connectivity index (χ1v) is 6.49. The molecule has 0 aliphatic heterocycles. The molecule has 0 aliphatic carbocycles. The van der Waals surface area contributed by atoms with E-state index < -0.39 is 0 Å². The number of hydrogen-bond acceptors (Lipinski definition) is 4. The molecule has 1 N–H and O–H groups in total. The van der Waals surface area contributed by atoms with Crippen LogP contribution in [0.5, 0.6) is 5.75 Å². The van der Waals surface area contributed by atoms with Crippen LogP contribution in [0.25, 0.3) is 11.4 Å². The normalized spacial score (nSPS) is 10.4. The van der Waals surface area contributed by atoms with E-state index in [0.717, 1.165) is 42.2 Å². The summed E-state index contributed by atoms with van der Waals surface area (Å²) in [4.78, 5) is 8.78. The number of nitrogens with zero attached hydrogens (tertiary/aromatic N) is 2. The van der Waals surface area contributed by atoms with Crippen LogP contribution < -0.4 is 10.1 Å². The molecule has 2 aromatic rings. The summed E-state index contributed by atoms with van der Waals surface area (Å²) in [5, 5.41) is 3.33. The molecule has 19 heavy (non-hydrogen) atoms. The highest BCUT2D eigenvalue weighted by Crippen LogP contribution is 2.18. The molecule has 1 heterocycles. The van der Waals surface area contributed by atoms with Gasteiger partial charge in [0.05, 0.1) is 7.11 Å². The van der Waals surface area contributed by atoms with Gasteiger partial charge in [0, 0.05) is 30.1 Å². The van der Waals surface area contributed by atoms with Crippen LogP contribution in [0.3, 0.4) is 0 Å². The Hall–Kier alpha value is -1.94. The molecule has 4 nitrogen and oxygen atoms in total. The van der Waals surface area contributed by atoms with Gasteiger partial charge in [0.25, 0.3) is 0 Å². The van der Waals surface area contributed by atoms with Crippen molar-refractivity contribution in [2.45, 2.75) is 19.9 Å². The third-order valence-corrected chi connectivity index (χ3v) is 2.81. The Balaban J connectivity index is 2.04. The van der Waals surface area contributed by atoms with Crippen molar-refractivity contribution in [3.05, 3.63) is 42.2 Å². The highest BCUT2D eigenvalue weighted by molar-refractivity contribution is 5.55. The Kier molecular flexibility index (Phi) is 4.86. The average Bonchev–Trinajstić information content (AvgIpc) is 2.48. The molecular formula is C15H19N3O. The summed E-state index contributed by atoms with van der Waals surface area (Å²) in [5.41, 5.74) is 2.10. The van der Waals surface area contributed by atoms with E-state index in [1.807, 2.05) is 36.7 Å². The summed E-state index contributed by atoms with van der Waals surface area (Å²) in [6.07, 6.45) is 4.87. The largest absolute Gasteiger partial charge is 0.497 e. The number of methoxy groups -OCH3 is 1. The number of nitrogens with one attached hydrogen (secondary N) is 1. The fraction of sp³-hybridized carbons (Fsp3) is 0.333. The average molecular weight is 257 g/mol. The Labute approximate surface area is 113 Å². The van der Waals surface area contributed by atoms with Crippen LogP contribution in [0.15, 0.2) is 36.7 Å². The lowest BCUT2D eigenvalue weighted by Crippen LogP contribution is -2.14. The van der Waals surface area contributed by atoms with Crippen molar-refractivity contribution < 1.29 is 4.74 Å². The van der Waals surface area contributed by atoms with Gasteiger partial charge in [-0.15, -0.1) is 0 Å². The second-order valence-electron chi connectivity index (χ2n) is 4.32. The predicted octanol–water partition coefficient (Wildman–Crippen LogP) is 2.65. The summed E-state index contributed by atoms with van der Waals surface area (Å²) in [6.45, 7) is 3.98. The smallest absolute Gasteiger partial charge is 0.159 e. The summed E-state index contributed by atoms with van der Waals surface area (Å²) in [7, 11) is 1.66. The maximum absolute atomic E-state index is 5.13.